The Morgan fingerprint density at radius 1 is 0.579 bits per heavy atom. The molecule has 0 saturated heterocycles. The summed E-state index contributed by atoms with van der Waals surface area (Å²) in [6.45, 7) is 49.2. The minimum absolute atomic E-state index is 0. The van der Waals surface area contributed by atoms with Crippen LogP contribution in [0, 0.1) is 0 Å². The first-order valence-corrected chi connectivity index (χ1v) is 43.9. The van der Waals surface area contributed by atoms with Gasteiger partial charge >= 0.3 is 25.7 Å². The zero-order chi connectivity index (χ0) is 52.3. The number of alkyl halides is 1. The Bertz CT molecular complexity index is 1310. The molecule has 76 heavy (non-hydrogen) atoms. The molecule has 0 fully saturated rings. The van der Waals surface area contributed by atoms with E-state index in [1.807, 2.05) is 48.8 Å². The average Bonchev–Trinajstić information content (AvgIpc) is 3.10. The van der Waals surface area contributed by atoms with Crippen molar-refractivity contribution in [1.29, 1.82) is 0 Å². The number of nitrogens with zero attached hydrogens (tertiary/aromatic N) is 1. The molecule has 480 valence electrons. The lowest BCUT2D eigenvalue weighted by molar-refractivity contribution is -0.862. The Kier molecular flexibility index (Phi) is 113. The third-order valence-corrected chi connectivity index (χ3v) is 31.9. The van der Waals surface area contributed by atoms with Gasteiger partial charge in [0.2, 0.25) is 16.4 Å². The minimum atomic E-state index is -2.43. The molecule has 0 aromatic heterocycles. The fraction of sp³-hybridized carbons (Fsp3) is 0.846. The molecular formula is C52H142Cl4N4O9Si7. The second kappa shape index (κ2) is 67.7. The Balaban J connectivity index is -0.0000000424. The highest BCUT2D eigenvalue weighted by Gasteiger charge is 2.43. The molecule has 0 aliphatic heterocycles. The number of halogens is 4. The molecule has 0 saturated carbocycles. The number of nitrogens with two attached hydrogens (primary N) is 1. The van der Waals surface area contributed by atoms with Gasteiger partial charge in [0.25, 0.3) is 5.91 Å². The zero-order valence-corrected chi connectivity index (χ0v) is 55.4. The predicted octanol–water partition coefficient (Wildman–Crippen LogP) is 13.9. The highest BCUT2D eigenvalue weighted by Crippen LogP contribution is 2.27. The summed E-state index contributed by atoms with van der Waals surface area (Å²) < 4.78 is 32.9. The van der Waals surface area contributed by atoms with Crippen LogP contribution in [0.25, 0.3) is 0 Å². The van der Waals surface area contributed by atoms with Crippen molar-refractivity contribution in [1.82, 2.24) is 10.6 Å². The monoisotopic (exact) mass is 1300 g/mol. The first kappa shape index (κ1) is 127. The van der Waals surface area contributed by atoms with Crippen LogP contribution in [-0.2, 0) is 39.8 Å². The molecule has 0 heterocycles. The molecule has 0 radical (unpaired) electrons. The third-order valence-electron chi connectivity index (χ3n) is 7.13. The van der Waals surface area contributed by atoms with Gasteiger partial charge in [0.1, 0.15) is 0 Å². The van der Waals surface area contributed by atoms with Crippen LogP contribution >= 0.6 is 34.8 Å². The Morgan fingerprint density at radius 2 is 0.895 bits per heavy atom. The predicted molar refractivity (Wildman–Crippen MR) is 370 cm³/mol. The molecule has 0 bridgehead atoms. The van der Waals surface area contributed by atoms with Crippen molar-refractivity contribution < 1.29 is 56.6 Å². The Morgan fingerprint density at radius 3 is 1.17 bits per heavy atom. The van der Waals surface area contributed by atoms with Gasteiger partial charge in [-0.15, -0.1) is 11.6 Å². The standard InChI is InChI=1S/C22H51N3O5Si4.C9H27NO2Si3.C4H5ClO.C2H2Cl2O.2C2H6.11CH4.ClH/c1-20(2)22(27)24-16-14-18-34(12,28-31(6)7)30-33(10,11)29-32(8,9)17-13-15-23-21(26)19-25(3,4)5;1-13(2)11-15(6,9-7-8-10)12-14(3,4)5;1-3(2)4(5)6;3-1-2(4)5;2*1-2;;;;;;;;;;;;/h31H,1,13-19H2,2-12H3,(H-,23,24,26,27);13H,7-10H2,1-6H3;1H2,2H3;1H2;2*1-2H3;11*1H4;1H. The number of hydrogen-bond donors (Lipinski definition) is 3. The van der Waals surface area contributed by atoms with Crippen LogP contribution in [0.1, 0.15) is 142 Å². The number of allylic oxidation sites excluding steroid dienone is 1. The van der Waals surface area contributed by atoms with Gasteiger partial charge in [0.05, 0.1) is 27.0 Å². The molecule has 4 N–H and O–H groups in total. The van der Waals surface area contributed by atoms with E-state index in [1.54, 1.807) is 13.8 Å². The summed E-state index contributed by atoms with van der Waals surface area (Å²) in [4.78, 5) is 43.0. The van der Waals surface area contributed by atoms with Gasteiger partial charge in [-0.05, 0) is 166 Å². The van der Waals surface area contributed by atoms with Crippen molar-refractivity contribution in [2.24, 2.45) is 5.73 Å². The van der Waals surface area contributed by atoms with E-state index in [2.05, 4.69) is 109 Å². The van der Waals surface area contributed by atoms with Crippen molar-refractivity contribution in [2.75, 3.05) is 53.2 Å². The first-order chi connectivity index (χ1) is 28.9. The number of nitrogens with one attached hydrogen (secondary N) is 2. The van der Waals surface area contributed by atoms with Gasteiger partial charge in [0, 0.05) is 24.2 Å². The first-order valence-electron chi connectivity index (χ1n) is 22.6. The summed E-state index contributed by atoms with van der Waals surface area (Å²) in [5.74, 6) is -0.119. The van der Waals surface area contributed by atoms with Gasteiger partial charge in [-0.2, -0.15) is 0 Å². The summed E-state index contributed by atoms with van der Waals surface area (Å²) in [6, 6.07) is 2.82. The number of rotatable bonds is 26. The van der Waals surface area contributed by atoms with E-state index >= 15 is 0 Å². The van der Waals surface area contributed by atoms with Crippen LogP contribution in [0.3, 0.4) is 0 Å². The van der Waals surface area contributed by atoms with Crippen molar-refractivity contribution in [3.05, 3.63) is 24.3 Å². The number of amides is 2. The van der Waals surface area contributed by atoms with Crippen molar-refractivity contribution in [3.63, 3.8) is 0 Å². The second-order valence-corrected chi connectivity index (χ2v) is 44.8. The number of carbonyl (C=O) groups excluding carboxylic acids is 4. The lowest BCUT2D eigenvalue weighted by Crippen LogP contribution is -3.00. The van der Waals surface area contributed by atoms with E-state index in [0.29, 0.717) is 35.3 Å². The van der Waals surface area contributed by atoms with Gasteiger partial charge in [-0.1, -0.05) is 123 Å². The number of hydrogen-bond acceptors (Lipinski definition) is 10. The third kappa shape index (κ3) is 96.4. The quantitative estimate of drug-likeness (QED) is 0.0190. The van der Waals surface area contributed by atoms with E-state index in [4.69, 9.17) is 61.1 Å². The van der Waals surface area contributed by atoms with Crippen LogP contribution in [0.2, 0.25) is 103 Å². The molecule has 0 aromatic rings. The number of likely N-dealkylation sites (N-methyl/N-ethyl adjacent to an activating group) is 1. The van der Waals surface area contributed by atoms with Gasteiger partial charge < -0.3 is 53.8 Å². The maximum Gasteiger partial charge on any atom is 0.315 e. The molecule has 13 nitrogen and oxygen atoms in total. The average molecular weight is 1310 g/mol. The minimum Gasteiger partial charge on any atom is -1.00 e. The van der Waals surface area contributed by atoms with Crippen LogP contribution in [-0.4, -0.2) is 140 Å². The highest BCUT2D eigenvalue weighted by atomic mass is 35.5. The van der Waals surface area contributed by atoms with Crippen molar-refractivity contribution >= 4 is 118 Å². The van der Waals surface area contributed by atoms with Gasteiger partial charge in [-0.3, -0.25) is 19.2 Å². The molecule has 2 amide bonds. The summed E-state index contributed by atoms with van der Waals surface area (Å²) in [5, 5.41) is 4.95. The molecule has 0 rings (SSSR count). The number of quaternary nitrogens is 1. The molecule has 0 aromatic carbocycles. The zero-order valence-electron chi connectivity index (χ0n) is 45.1. The summed E-state index contributed by atoms with van der Waals surface area (Å²) in [5.41, 5.74) is 6.47. The van der Waals surface area contributed by atoms with Gasteiger partial charge in [0.15, 0.2) is 41.3 Å². The van der Waals surface area contributed by atoms with E-state index < -0.39 is 70.9 Å². The normalized spacial score (nSPS) is 11.1. The second-order valence-electron chi connectivity index (χ2n) is 18.7. The fourth-order valence-corrected chi connectivity index (χ4v) is 34.9. The molecular weight excluding hydrogens is 1160 g/mol. The van der Waals surface area contributed by atoms with Gasteiger partial charge in [-0.25, -0.2) is 0 Å². The summed E-state index contributed by atoms with van der Waals surface area (Å²) in [7, 11) is -6.53. The molecule has 0 aliphatic rings. The highest BCUT2D eigenvalue weighted by molar-refractivity contribution is 6.88. The molecule has 2 atom stereocenters. The van der Waals surface area contributed by atoms with E-state index in [9.17, 15) is 19.2 Å². The van der Waals surface area contributed by atoms with E-state index in [-0.39, 0.29) is 112 Å². The number of carbonyl (C=O) groups is 4. The fourth-order valence-electron chi connectivity index (χ4n) is 5.58. The molecule has 24 heteroatoms. The summed E-state index contributed by atoms with van der Waals surface area (Å²) in [6.07, 6.45) is 2.73. The van der Waals surface area contributed by atoms with Crippen molar-refractivity contribution in [2.45, 2.75) is 246 Å². The van der Waals surface area contributed by atoms with Crippen LogP contribution in [0.15, 0.2) is 24.3 Å². The Hall–Kier alpha value is 0.158. The van der Waals surface area contributed by atoms with Crippen LogP contribution in [0.5, 0.6) is 0 Å². The van der Waals surface area contributed by atoms with Crippen LogP contribution in [0.4, 0.5) is 0 Å². The van der Waals surface area contributed by atoms with Crippen LogP contribution < -0.4 is 28.8 Å². The van der Waals surface area contributed by atoms with Crippen molar-refractivity contribution in [3.8, 4) is 0 Å². The molecule has 0 aliphatic carbocycles. The molecule has 0 spiro atoms. The Labute approximate surface area is 510 Å². The SMILES string of the molecule is C.C.C.C.C.C.C.C.C.C.C.C=C(C)C(=O)Cl.C=C(C)C(=O)NCCC[Si](C)(O[SiH](C)C)O[Si](C)(C)O[Si](C)(C)CCCNC(=O)C[N+](C)(C)C.CC.CC.C[SiH](C)O[Si](C)(CCCN)O[Si](C)(C)C.O=C(Cl)CCl.[Cl-]. The largest absolute Gasteiger partial charge is 1.00 e. The lowest BCUT2D eigenvalue weighted by atomic mass is 10.3. The lowest BCUT2D eigenvalue weighted by Gasteiger charge is -2.40. The smallest absolute Gasteiger partial charge is 0.315 e. The molecule has 2 unspecified atom stereocenters. The van der Waals surface area contributed by atoms with E-state index in [1.165, 1.54) is 0 Å². The van der Waals surface area contributed by atoms with E-state index in [0.717, 1.165) is 43.9 Å². The summed E-state index contributed by atoms with van der Waals surface area (Å²) >= 11 is 14.4. The maximum absolute atomic E-state index is 12.0. The topological polar surface area (TPSA) is 165 Å². The maximum atomic E-state index is 12.0.